The van der Waals surface area contributed by atoms with Crippen LogP contribution in [0.2, 0.25) is 5.02 Å². The van der Waals surface area contributed by atoms with Gasteiger partial charge >= 0.3 is 0 Å². The van der Waals surface area contributed by atoms with E-state index in [-0.39, 0.29) is 21.4 Å². The van der Waals surface area contributed by atoms with Gasteiger partial charge in [-0.25, -0.2) is 8.42 Å². The minimum absolute atomic E-state index is 0.152. The van der Waals surface area contributed by atoms with Crippen LogP contribution in [-0.2, 0) is 10.0 Å². The van der Waals surface area contributed by atoms with Crippen molar-refractivity contribution in [3.05, 3.63) is 38.2 Å². The van der Waals surface area contributed by atoms with Gasteiger partial charge in [-0.15, -0.1) is 11.3 Å². The van der Waals surface area contributed by atoms with Crippen LogP contribution >= 0.6 is 22.9 Å². The molecule has 10 heteroatoms. The Morgan fingerprint density at radius 2 is 1.79 bits per heavy atom. The average molecular weight is 456 g/mol. The lowest BCUT2D eigenvalue weighted by Crippen LogP contribution is -2.15. The van der Waals surface area contributed by atoms with Crippen molar-refractivity contribution >= 4 is 38.6 Å². The Labute approximate surface area is 179 Å². The molecule has 0 saturated heterocycles. The number of thiophene rings is 1. The number of aryl methyl sites for hydroxylation is 3. The Hall–Kier alpha value is -2.23. The lowest BCUT2D eigenvalue weighted by Gasteiger charge is -2.16. The van der Waals surface area contributed by atoms with E-state index in [1.807, 2.05) is 20.8 Å². The van der Waals surface area contributed by atoms with Crippen molar-refractivity contribution in [2.24, 2.45) is 0 Å². The normalized spacial score (nSPS) is 11.6. The molecule has 0 bridgehead atoms. The van der Waals surface area contributed by atoms with Crippen LogP contribution in [0.15, 0.2) is 17.0 Å². The molecule has 3 aromatic rings. The quantitative estimate of drug-likeness (QED) is 0.554. The Morgan fingerprint density at radius 1 is 1.10 bits per heavy atom. The van der Waals surface area contributed by atoms with Gasteiger partial charge in [0.2, 0.25) is 0 Å². The van der Waals surface area contributed by atoms with Crippen molar-refractivity contribution in [3.63, 3.8) is 0 Å². The molecular formula is C19H22ClN3O4S2. The predicted molar refractivity (Wildman–Crippen MR) is 116 cm³/mol. The van der Waals surface area contributed by atoms with Gasteiger partial charge < -0.3 is 9.47 Å². The molecule has 0 aliphatic rings. The highest BCUT2D eigenvalue weighted by Crippen LogP contribution is 2.43. The zero-order chi connectivity index (χ0) is 21.5. The fourth-order valence-electron chi connectivity index (χ4n) is 3.11. The van der Waals surface area contributed by atoms with Crippen LogP contribution in [-0.4, -0.2) is 32.8 Å². The summed E-state index contributed by atoms with van der Waals surface area (Å²) in [5.74, 6) is 0.719. The molecule has 156 valence electrons. The van der Waals surface area contributed by atoms with E-state index in [2.05, 4.69) is 14.9 Å². The minimum atomic E-state index is -3.98. The number of nitrogens with zero attached hydrogens (tertiary/aromatic N) is 1. The van der Waals surface area contributed by atoms with Crippen LogP contribution in [0.3, 0.4) is 0 Å². The molecule has 0 fully saturated rings. The van der Waals surface area contributed by atoms with E-state index in [1.54, 1.807) is 13.0 Å². The van der Waals surface area contributed by atoms with Gasteiger partial charge in [-0.2, -0.15) is 5.10 Å². The average Bonchev–Trinajstić information content (AvgIpc) is 3.14. The van der Waals surface area contributed by atoms with Gasteiger partial charge in [0.15, 0.2) is 0 Å². The fourth-order valence-corrected chi connectivity index (χ4v) is 6.37. The summed E-state index contributed by atoms with van der Waals surface area (Å²) in [6.45, 7) is 7.47. The maximum absolute atomic E-state index is 13.4. The van der Waals surface area contributed by atoms with E-state index in [4.69, 9.17) is 21.1 Å². The number of aromatic nitrogens is 2. The first kappa shape index (κ1) is 21.5. The minimum Gasteiger partial charge on any atom is -0.497 e. The zero-order valence-electron chi connectivity index (χ0n) is 16.9. The third-order valence-electron chi connectivity index (χ3n) is 4.68. The van der Waals surface area contributed by atoms with Gasteiger partial charge in [-0.1, -0.05) is 11.6 Å². The Morgan fingerprint density at radius 3 is 2.34 bits per heavy atom. The van der Waals surface area contributed by atoms with Crippen LogP contribution in [0.5, 0.6) is 11.5 Å². The number of rotatable bonds is 6. The molecule has 0 atom stereocenters. The fraction of sp³-hybridized carbons (Fsp3) is 0.316. The second-order valence-corrected chi connectivity index (χ2v) is 9.99. The van der Waals surface area contributed by atoms with Crippen molar-refractivity contribution in [2.75, 3.05) is 18.9 Å². The van der Waals surface area contributed by atoms with Crippen LogP contribution < -0.4 is 14.2 Å². The van der Waals surface area contributed by atoms with Gasteiger partial charge in [0.05, 0.1) is 24.9 Å². The number of sulfonamides is 1. The number of hydrogen-bond acceptors (Lipinski definition) is 6. The van der Waals surface area contributed by atoms with E-state index >= 15 is 0 Å². The smallest absolute Gasteiger partial charge is 0.263 e. The second-order valence-electron chi connectivity index (χ2n) is 6.53. The van der Waals surface area contributed by atoms with Crippen molar-refractivity contribution in [2.45, 2.75) is 32.6 Å². The van der Waals surface area contributed by atoms with E-state index in [0.29, 0.717) is 21.9 Å². The molecule has 0 aliphatic heterocycles. The summed E-state index contributed by atoms with van der Waals surface area (Å²) in [5.41, 5.74) is 3.16. The molecule has 1 aromatic carbocycles. The topological polar surface area (TPSA) is 93.3 Å². The zero-order valence-corrected chi connectivity index (χ0v) is 19.3. The summed E-state index contributed by atoms with van der Waals surface area (Å²) in [4.78, 5) is 1.71. The Balaban J connectivity index is 2.17. The third kappa shape index (κ3) is 3.82. The molecule has 2 heterocycles. The first-order chi connectivity index (χ1) is 13.6. The van der Waals surface area contributed by atoms with Gasteiger partial charge in [0.25, 0.3) is 10.0 Å². The first-order valence-corrected chi connectivity index (χ1v) is 11.3. The molecule has 29 heavy (non-hydrogen) atoms. The number of halogens is 1. The maximum Gasteiger partial charge on any atom is 0.263 e. The summed E-state index contributed by atoms with van der Waals surface area (Å²) in [6, 6.07) is 3.09. The second kappa shape index (κ2) is 7.89. The molecule has 2 aromatic heterocycles. The number of methoxy groups -OCH3 is 2. The molecule has 2 N–H and O–H groups in total. The van der Waals surface area contributed by atoms with Crippen molar-refractivity contribution in [1.29, 1.82) is 0 Å². The Bertz CT molecular complexity index is 1180. The number of aromatic amines is 1. The van der Waals surface area contributed by atoms with E-state index < -0.39 is 10.0 Å². The van der Waals surface area contributed by atoms with Gasteiger partial charge in [-0.3, -0.25) is 9.82 Å². The summed E-state index contributed by atoms with van der Waals surface area (Å²) in [5, 5.41) is 7.43. The summed E-state index contributed by atoms with van der Waals surface area (Å²) in [6.07, 6.45) is 0. The van der Waals surface area contributed by atoms with Gasteiger partial charge in [0, 0.05) is 33.1 Å². The number of nitrogens with one attached hydrogen (secondary N) is 2. The monoisotopic (exact) mass is 455 g/mol. The molecular weight excluding hydrogens is 434 g/mol. The molecule has 0 radical (unpaired) electrons. The van der Waals surface area contributed by atoms with Crippen molar-refractivity contribution in [1.82, 2.24) is 10.2 Å². The lowest BCUT2D eigenvalue weighted by atomic mass is 10.1. The third-order valence-corrected chi connectivity index (χ3v) is 7.65. The largest absolute Gasteiger partial charge is 0.497 e. The van der Waals surface area contributed by atoms with Crippen LogP contribution in [0.25, 0.3) is 11.3 Å². The predicted octanol–water partition coefficient (Wildman–Crippen LogP) is 4.84. The molecule has 0 spiro atoms. The van der Waals surface area contributed by atoms with Crippen molar-refractivity contribution < 1.29 is 17.9 Å². The van der Waals surface area contributed by atoms with Gasteiger partial charge in [-0.05, 0) is 33.3 Å². The number of anilines is 1. The summed E-state index contributed by atoms with van der Waals surface area (Å²) in [7, 11) is -1.06. The van der Waals surface area contributed by atoms with Crippen molar-refractivity contribution in [3.8, 4) is 22.8 Å². The number of hydrogen-bond donors (Lipinski definition) is 2. The highest BCUT2D eigenvalue weighted by molar-refractivity contribution is 7.93. The number of benzene rings is 1. The molecule has 0 saturated carbocycles. The molecule has 0 unspecified atom stereocenters. The van der Waals surface area contributed by atoms with Crippen LogP contribution in [0.1, 0.15) is 21.0 Å². The van der Waals surface area contributed by atoms with E-state index in [0.717, 1.165) is 16.1 Å². The highest BCUT2D eigenvalue weighted by atomic mass is 35.5. The maximum atomic E-state index is 13.4. The van der Waals surface area contributed by atoms with E-state index in [1.165, 1.54) is 31.6 Å². The molecule has 0 amide bonds. The molecule has 3 rings (SSSR count). The van der Waals surface area contributed by atoms with Crippen LogP contribution in [0.4, 0.5) is 5.69 Å². The number of ether oxygens (including phenoxy) is 2. The standard InChI is InChI=1S/C19H22ClN3O4S2/c1-9-10(2)21-22-17(9)16-11(3)28-12(4)19(16)29(24,25)23-18-14(20)7-13(26-5)8-15(18)27-6/h7-8,23H,1-6H3,(H,21,22). The van der Waals surface area contributed by atoms with Crippen LogP contribution in [0, 0.1) is 27.7 Å². The van der Waals surface area contributed by atoms with Gasteiger partial charge in [0.1, 0.15) is 22.1 Å². The lowest BCUT2D eigenvalue weighted by molar-refractivity contribution is 0.395. The first-order valence-electron chi connectivity index (χ1n) is 8.67. The van der Waals surface area contributed by atoms with E-state index in [9.17, 15) is 8.42 Å². The molecule has 0 aliphatic carbocycles. The number of H-pyrrole nitrogens is 1. The highest BCUT2D eigenvalue weighted by Gasteiger charge is 2.30. The summed E-state index contributed by atoms with van der Waals surface area (Å²) >= 11 is 7.72. The Kier molecular flexibility index (Phi) is 5.84. The molecule has 7 nitrogen and oxygen atoms in total. The summed E-state index contributed by atoms with van der Waals surface area (Å²) < 4.78 is 40.0. The SMILES string of the molecule is COc1cc(Cl)c(NS(=O)(=O)c2c(C)sc(C)c2-c2n[nH]c(C)c2C)c(OC)c1.